The number of carbonyl (C=O) groups excluding carboxylic acids is 1. The zero-order valence-corrected chi connectivity index (χ0v) is 15.4. The van der Waals surface area contributed by atoms with Crippen LogP contribution in [0.2, 0.25) is 5.02 Å². The Bertz CT molecular complexity index is 1040. The molecule has 0 fully saturated rings. The molecular weight excluding hydrogens is 406 g/mol. The van der Waals surface area contributed by atoms with Crippen molar-refractivity contribution in [1.82, 2.24) is 9.71 Å². The Labute approximate surface area is 154 Å². The number of primary sulfonamides is 1. The highest BCUT2D eigenvalue weighted by atomic mass is 35.5. The fraction of sp³-hybridized carbons (Fsp3) is 0.0769. The normalized spacial score (nSPS) is 15.0. The second-order valence-electron chi connectivity index (χ2n) is 4.93. The summed E-state index contributed by atoms with van der Waals surface area (Å²) < 4.78 is 47.9. The van der Waals surface area contributed by atoms with Crippen molar-refractivity contribution in [3.8, 4) is 0 Å². The van der Waals surface area contributed by atoms with E-state index in [2.05, 4.69) is 15.0 Å². The minimum Gasteiger partial charge on any atom is -0.370 e. The fourth-order valence-corrected chi connectivity index (χ4v) is 4.21. The molecule has 0 radical (unpaired) electrons. The van der Waals surface area contributed by atoms with Crippen LogP contribution in [0.1, 0.15) is 10.4 Å². The van der Waals surface area contributed by atoms with Gasteiger partial charge in [0.25, 0.3) is 0 Å². The molecule has 1 aliphatic rings. The molecule has 0 unspecified atom stereocenters. The molecule has 0 saturated carbocycles. The number of amides is 1. The lowest BCUT2D eigenvalue weighted by Gasteiger charge is -2.20. The molecule has 10 nitrogen and oxygen atoms in total. The van der Waals surface area contributed by atoms with Crippen molar-refractivity contribution in [3.05, 3.63) is 47.2 Å². The number of nitrogens with zero attached hydrogens (tertiary/aromatic N) is 1. The lowest BCUT2D eigenvalue weighted by atomic mass is 10.3. The van der Waals surface area contributed by atoms with Crippen LogP contribution in [0.25, 0.3) is 0 Å². The number of pyridine rings is 1. The quantitative estimate of drug-likeness (QED) is 0.522. The number of fused-ring (bicyclic) bond motifs is 1. The Morgan fingerprint density at radius 1 is 1.31 bits per heavy atom. The van der Waals surface area contributed by atoms with Crippen molar-refractivity contribution in [3.63, 3.8) is 0 Å². The van der Waals surface area contributed by atoms with Gasteiger partial charge in [-0.05, 0) is 24.3 Å². The number of anilines is 1. The predicted molar refractivity (Wildman–Crippen MR) is 94.4 cm³/mol. The minimum absolute atomic E-state index is 0.0143. The van der Waals surface area contributed by atoms with Crippen LogP contribution >= 0.6 is 11.6 Å². The first-order chi connectivity index (χ1) is 12.0. The van der Waals surface area contributed by atoms with Crippen LogP contribution in [-0.4, -0.2) is 34.4 Å². The summed E-state index contributed by atoms with van der Waals surface area (Å²) in [4.78, 5) is 13.5. The zero-order chi connectivity index (χ0) is 19.5. The van der Waals surface area contributed by atoms with Crippen molar-refractivity contribution in [2.45, 2.75) is 9.79 Å². The molecule has 0 saturated heterocycles. The molecule has 0 atom stereocenters. The maximum absolute atomic E-state index is 11.6. The van der Waals surface area contributed by atoms with Gasteiger partial charge in [0, 0.05) is 12.4 Å². The molecule has 26 heavy (non-hydrogen) atoms. The van der Waals surface area contributed by atoms with E-state index in [4.69, 9.17) is 22.5 Å². The van der Waals surface area contributed by atoms with E-state index in [1.165, 1.54) is 12.3 Å². The van der Waals surface area contributed by atoms with Gasteiger partial charge in [-0.1, -0.05) is 11.6 Å². The highest BCUT2D eigenvalue weighted by Crippen LogP contribution is 2.32. The number of primary amides is 1. The van der Waals surface area contributed by atoms with Gasteiger partial charge < -0.3 is 11.1 Å². The molecule has 0 spiro atoms. The van der Waals surface area contributed by atoms with Gasteiger partial charge in [0.1, 0.15) is 9.79 Å². The lowest BCUT2D eigenvalue weighted by molar-refractivity contribution is 0.1000. The number of nitrogens with two attached hydrogens (primary N) is 2. The van der Waals surface area contributed by atoms with E-state index in [0.29, 0.717) is 5.56 Å². The predicted octanol–water partition coefficient (Wildman–Crippen LogP) is -0.171. The Morgan fingerprint density at radius 2 is 2.00 bits per heavy atom. The van der Waals surface area contributed by atoms with Gasteiger partial charge in [-0.2, -0.15) is 4.72 Å². The summed E-state index contributed by atoms with van der Waals surface area (Å²) in [5.74, 6) is -0.442. The summed E-state index contributed by atoms with van der Waals surface area (Å²) in [7, 11) is -7.80. The topological polar surface area (TPSA) is 174 Å². The summed E-state index contributed by atoms with van der Waals surface area (Å²) in [5, 5.41) is 7.53. The summed E-state index contributed by atoms with van der Waals surface area (Å²) in [6.45, 7) is 0.0143. The summed E-state index contributed by atoms with van der Waals surface area (Å²) in [6, 6.07) is 5.44. The molecule has 1 aromatic carbocycles. The number of carbonyl (C=O) groups is 1. The van der Waals surface area contributed by atoms with Crippen LogP contribution < -0.4 is 20.9 Å². The zero-order valence-electron chi connectivity index (χ0n) is 13.0. The molecule has 1 aromatic heterocycles. The van der Waals surface area contributed by atoms with Crippen LogP contribution in [0.3, 0.4) is 0 Å². The molecule has 2 aromatic rings. The highest BCUT2D eigenvalue weighted by molar-refractivity contribution is 7.90. The number of hydrogen-bond donors (Lipinski definition) is 4. The average molecular weight is 420 g/mol. The first kappa shape index (κ1) is 20.1. The standard InChI is InChI=1S/C7H8ClN3O4S2.C6H6N2O/c8-4-1-5-7(2-6(4)16(9,12)13)17(14,15)11-3-10-5;7-6(9)5-2-1-3-8-4-5/h1-2,10-11H,3H2,(H2,9,12,13);1-4H,(H2,7,9). The number of nitrogens with one attached hydrogen (secondary N) is 2. The first-order valence-corrected chi connectivity index (χ1v) is 10.2. The number of aromatic nitrogens is 1. The van der Waals surface area contributed by atoms with Gasteiger partial charge in [-0.3, -0.25) is 9.78 Å². The Balaban J connectivity index is 0.000000228. The second kappa shape index (κ2) is 7.55. The van der Waals surface area contributed by atoms with Crippen molar-refractivity contribution >= 4 is 43.2 Å². The smallest absolute Gasteiger partial charge is 0.250 e. The number of halogens is 1. The SMILES string of the molecule is NC(=O)c1cccnc1.NS(=O)(=O)c1cc2c(cc1Cl)NCNS2(=O)=O. The lowest BCUT2D eigenvalue weighted by Crippen LogP contribution is -2.34. The number of hydrogen-bond acceptors (Lipinski definition) is 7. The van der Waals surface area contributed by atoms with E-state index in [1.54, 1.807) is 18.3 Å². The number of sulfonamides is 2. The van der Waals surface area contributed by atoms with Crippen LogP contribution in [0.4, 0.5) is 5.69 Å². The monoisotopic (exact) mass is 419 g/mol. The third kappa shape index (κ3) is 4.68. The Hall–Kier alpha value is -2.25. The minimum atomic E-state index is -4.07. The van der Waals surface area contributed by atoms with Gasteiger partial charge in [-0.25, -0.2) is 22.0 Å². The molecule has 140 valence electrons. The van der Waals surface area contributed by atoms with E-state index >= 15 is 0 Å². The maximum Gasteiger partial charge on any atom is 0.250 e. The third-order valence-electron chi connectivity index (χ3n) is 3.12. The molecule has 13 heteroatoms. The number of benzene rings is 1. The van der Waals surface area contributed by atoms with E-state index in [-0.39, 0.29) is 22.3 Å². The van der Waals surface area contributed by atoms with Gasteiger partial charge in [-0.15, -0.1) is 0 Å². The maximum atomic E-state index is 11.6. The second-order valence-corrected chi connectivity index (χ2v) is 8.60. The summed E-state index contributed by atoms with van der Waals surface area (Å²) >= 11 is 5.72. The molecule has 1 aliphatic heterocycles. The molecule has 6 N–H and O–H groups in total. The Morgan fingerprint density at radius 3 is 2.50 bits per heavy atom. The fourth-order valence-electron chi connectivity index (χ4n) is 1.93. The van der Waals surface area contributed by atoms with Crippen molar-refractivity contribution in [2.24, 2.45) is 10.9 Å². The van der Waals surface area contributed by atoms with Crippen LogP contribution in [0.5, 0.6) is 0 Å². The molecule has 0 aliphatic carbocycles. The Kier molecular flexibility index (Phi) is 5.83. The largest absolute Gasteiger partial charge is 0.370 e. The van der Waals surface area contributed by atoms with Gasteiger partial charge in [0.15, 0.2) is 0 Å². The highest BCUT2D eigenvalue weighted by Gasteiger charge is 2.26. The first-order valence-electron chi connectivity index (χ1n) is 6.82. The molecule has 2 heterocycles. The summed E-state index contributed by atoms with van der Waals surface area (Å²) in [6.07, 6.45) is 3.02. The van der Waals surface area contributed by atoms with Crippen molar-refractivity contribution in [1.29, 1.82) is 0 Å². The third-order valence-corrected chi connectivity index (χ3v) is 5.93. The van der Waals surface area contributed by atoms with Gasteiger partial charge in [0.2, 0.25) is 26.0 Å². The molecule has 1 amide bonds. The molecule has 0 bridgehead atoms. The van der Waals surface area contributed by atoms with E-state index in [9.17, 15) is 21.6 Å². The van der Waals surface area contributed by atoms with Crippen LogP contribution in [0, 0.1) is 0 Å². The molecule has 3 rings (SSSR count). The van der Waals surface area contributed by atoms with Crippen LogP contribution in [-0.2, 0) is 20.0 Å². The van der Waals surface area contributed by atoms with E-state index in [0.717, 1.165) is 6.07 Å². The van der Waals surface area contributed by atoms with Crippen molar-refractivity contribution in [2.75, 3.05) is 12.0 Å². The van der Waals surface area contributed by atoms with E-state index in [1.807, 2.05) is 0 Å². The average Bonchev–Trinajstić information content (AvgIpc) is 2.54. The van der Waals surface area contributed by atoms with Gasteiger partial charge >= 0.3 is 0 Å². The van der Waals surface area contributed by atoms with E-state index < -0.39 is 30.8 Å². The molecular formula is C13H14ClN5O5S2. The summed E-state index contributed by atoms with van der Waals surface area (Å²) in [5.41, 5.74) is 5.61. The van der Waals surface area contributed by atoms with Gasteiger partial charge in [0.05, 0.1) is 22.9 Å². The van der Waals surface area contributed by atoms with Crippen molar-refractivity contribution < 1.29 is 21.6 Å². The van der Waals surface area contributed by atoms with Crippen LogP contribution in [0.15, 0.2) is 46.5 Å². The number of rotatable bonds is 2.